The molecule has 0 saturated carbocycles. The lowest BCUT2D eigenvalue weighted by atomic mass is 10.3. The number of carbonyl (C=O) groups is 1. The van der Waals surface area contributed by atoms with E-state index >= 15 is 0 Å². The largest absolute Gasteiger partial charge is 0.379 e. The van der Waals surface area contributed by atoms with Crippen LogP contribution < -0.4 is 10.6 Å². The van der Waals surface area contributed by atoms with Gasteiger partial charge in [0.05, 0.1) is 26.1 Å². The summed E-state index contributed by atoms with van der Waals surface area (Å²) >= 11 is 5.84. The summed E-state index contributed by atoms with van der Waals surface area (Å²) in [7, 11) is 0. The summed E-state index contributed by atoms with van der Waals surface area (Å²) in [6, 6.07) is 0. The smallest absolute Gasteiger partial charge is 0.239 e. The maximum absolute atomic E-state index is 11.9. The van der Waals surface area contributed by atoms with E-state index in [4.69, 9.17) is 16.3 Å². The van der Waals surface area contributed by atoms with Crippen molar-refractivity contribution in [3.8, 4) is 0 Å². The van der Waals surface area contributed by atoms with Crippen molar-refractivity contribution in [1.82, 2.24) is 30.2 Å². The third-order valence-corrected chi connectivity index (χ3v) is 3.92. The fourth-order valence-electron chi connectivity index (χ4n) is 2.52. The molecule has 1 fully saturated rings. The van der Waals surface area contributed by atoms with E-state index in [1.165, 1.54) is 6.33 Å². The Bertz CT molecular complexity index is 687. The topological polar surface area (TPSA) is 108 Å². The zero-order chi connectivity index (χ0) is 16.8. The number of fused-ring (bicyclic) bond motifs is 1. The number of ether oxygens (including phenoxy) is 1. The van der Waals surface area contributed by atoms with E-state index in [0.717, 1.165) is 39.3 Å². The van der Waals surface area contributed by atoms with Gasteiger partial charge in [0.15, 0.2) is 11.5 Å². The average Bonchev–Trinajstić information content (AvgIpc) is 3.06. The van der Waals surface area contributed by atoms with Gasteiger partial charge in [0.25, 0.3) is 0 Å². The molecule has 1 aliphatic rings. The monoisotopic (exact) mass is 353 g/mol. The first-order chi connectivity index (χ1) is 11.7. The normalized spacial score (nSPS) is 15.5. The van der Waals surface area contributed by atoms with Gasteiger partial charge < -0.3 is 20.4 Å². The average molecular weight is 354 g/mol. The number of imidazole rings is 1. The van der Waals surface area contributed by atoms with E-state index in [1.807, 2.05) is 0 Å². The van der Waals surface area contributed by atoms with Crippen molar-refractivity contribution in [3.63, 3.8) is 0 Å². The molecule has 24 heavy (non-hydrogen) atoms. The molecule has 1 saturated heterocycles. The molecule has 1 aliphatic heterocycles. The van der Waals surface area contributed by atoms with Gasteiger partial charge >= 0.3 is 0 Å². The van der Waals surface area contributed by atoms with E-state index in [9.17, 15) is 4.79 Å². The third kappa shape index (κ3) is 4.53. The third-order valence-electron chi connectivity index (χ3n) is 3.75. The van der Waals surface area contributed by atoms with Gasteiger partial charge in [0.2, 0.25) is 11.2 Å². The van der Waals surface area contributed by atoms with Crippen molar-refractivity contribution in [3.05, 3.63) is 11.6 Å². The quantitative estimate of drug-likeness (QED) is 0.484. The van der Waals surface area contributed by atoms with Crippen LogP contribution >= 0.6 is 11.6 Å². The van der Waals surface area contributed by atoms with E-state index in [0.29, 0.717) is 23.5 Å². The van der Waals surface area contributed by atoms with Crippen molar-refractivity contribution in [1.29, 1.82) is 0 Å². The summed E-state index contributed by atoms with van der Waals surface area (Å²) < 4.78 is 5.30. The van der Waals surface area contributed by atoms with Crippen molar-refractivity contribution < 1.29 is 9.53 Å². The number of hydrogen-bond donors (Lipinski definition) is 3. The Hall–Kier alpha value is -1.97. The van der Waals surface area contributed by atoms with Crippen molar-refractivity contribution in [2.24, 2.45) is 0 Å². The molecule has 10 heteroatoms. The zero-order valence-corrected chi connectivity index (χ0v) is 14.0. The Labute approximate surface area is 144 Å². The van der Waals surface area contributed by atoms with Gasteiger partial charge in [-0.2, -0.15) is 9.97 Å². The minimum absolute atomic E-state index is 0.0861. The number of H-pyrrole nitrogens is 1. The molecule has 1 amide bonds. The Kier molecular flexibility index (Phi) is 5.78. The second-order valence-electron chi connectivity index (χ2n) is 5.45. The number of halogens is 1. The van der Waals surface area contributed by atoms with Gasteiger partial charge in [0, 0.05) is 19.6 Å². The molecule has 0 radical (unpaired) electrons. The summed E-state index contributed by atoms with van der Waals surface area (Å²) in [5.41, 5.74) is 1.09. The molecule has 3 heterocycles. The van der Waals surface area contributed by atoms with Gasteiger partial charge in [-0.1, -0.05) is 0 Å². The Morgan fingerprint density at radius 3 is 3.04 bits per heavy atom. The minimum atomic E-state index is -0.0978. The van der Waals surface area contributed by atoms with Crippen molar-refractivity contribution in [2.45, 2.75) is 6.42 Å². The Morgan fingerprint density at radius 1 is 1.38 bits per heavy atom. The summed E-state index contributed by atoms with van der Waals surface area (Å²) in [6.07, 6.45) is 2.42. The first kappa shape index (κ1) is 16.9. The van der Waals surface area contributed by atoms with Crippen LogP contribution in [0.15, 0.2) is 6.33 Å². The summed E-state index contributed by atoms with van der Waals surface area (Å²) in [6.45, 7) is 5.22. The highest BCUT2D eigenvalue weighted by molar-refractivity contribution is 6.28. The van der Waals surface area contributed by atoms with Gasteiger partial charge in [-0.3, -0.25) is 9.69 Å². The van der Waals surface area contributed by atoms with Crippen LogP contribution in [0.5, 0.6) is 0 Å². The second kappa shape index (κ2) is 8.22. The summed E-state index contributed by atoms with van der Waals surface area (Å²) in [4.78, 5) is 29.3. The first-order valence-electron chi connectivity index (χ1n) is 7.89. The van der Waals surface area contributed by atoms with Crippen LogP contribution in [-0.2, 0) is 9.53 Å². The maximum atomic E-state index is 11.9. The van der Waals surface area contributed by atoms with Crippen LogP contribution in [-0.4, -0.2) is 76.7 Å². The van der Waals surface area contributed by atoms with Crippen LogP contribution in [0.25, 0.3) is 11.2 Å². The van der Waals surface area contributed by atoms with Crippen LogP contribution in [0.4, 0.5) is 5.82 Å². The zero-order valence-electron chi connectivity index (χ0n) is 13.2. The number of nitrogens with zero attached hydrogens (tertiary/aromatic N) is 4. The fraction of sp³-hybridized carbons (Fsp3) is 0.571. The lowest BCUT2D eigenvalue weighted by Gasteiger charge is -2.26. The van der Waals surface area contributed by atoms with Crippen LogP contribution in [0.2, 0.25) is 5.28 Å². The highest BCUT2D eigenvalue weighted by Gasteiger charge is 2.11. The van der Waals surface area contributed by atoms with Gasteiger partial charge in [-0.05, 0) is 24.6 Å². The molecule has 9 nitrogen and oxygen atoms in total. The van der Waals surface area contributed by atoms with E-state index in [-0.39, 0.29) is 17.7 Å². The molecule has 0 spiro atoms. The molecule has 3 rings (SSSR count). The molecular weight excluding hydrogens is 334 g/mol. The number of nitrogens with one attached hydrogen (secondary N) is 3. The van der Waals surface area contributed by atoms with Crippen LogP contribution in [0, 0.1) is 0 Å². The molecular formula is C14H20ClN7O2. The molecule has 130 valence electrons. The summed E-state index contributed by atoms with van der Waals surface area (Å²) in [5.74, 6) is 0.366. The molecule has 0 unspecified atom stereocenters. The van der Waals surface area contributed by atoms with Crippen LogP contribution in [0.1, 0.15) is 6.42 Å². The molecule has 0 aliphatic carbocycles. The van der Waals surface area contributed by atoms with E-state index in [2.05, 4.69) is 35.5 Å². The SMILES string of the molecule is O=C(CNc1nc(Cl)nc2nc[nH]c12)NCCCN1CCOCC1. The number of morpholine rings is 1. The summed E-state index contributed by atoms with van der Waals surface area (Å²) in [5, 5.41) is 5.93. The highest BCUT2D eigenvalue weighted by Crippen LogP contribution is 2.17. The number of aromatic amines is 1. The number of hydrogen-bond acceptors (Lipinski definition) is 7. The maximum Gasteiger partial charge on any atom is 0.239 e. The molecule has 0 aromatic carbocycles. The number of anilines is 1. The van der Waals surface area contributed by atoms with Crippen LogP contribution in [0.3, 0.4) is 0 Å². The fourth-order valence-corrected chi connectivity index (χ4v) is 2.68. The number of rotatable bonds is 7. The highest BCUT2D eigenvalue weighted by atomic mass is 35.5. The number of carbonyl (C=O) groups excluding carboxylic acids is 1. The van der Waals surface area contributed by atoms with Gasteiger partial charge in [-0.25, -0.2) is 4.98 Å². The molecule has 2 aromatic rings. The molecule has 0 atom stereocenters. The second-order valence-corrected chi connectivity index (χ2v) is 5.79. The van der Waals surface area contributed by atoms with Gasteiger partial charge in [-0.15, -0.1) is 0 Å². The predicted octanol–water partition coefficient (Wildman–Crippen LogP) is 0.257. The number of amides is 1. The molecule has 0 bridgehead atoms. The lowest BCUT2D eigenvalue weighted by molar-refractivity contribution is -0.119. The van der Waals surface area contributed by atoms with E-state index < -0.39 is 0 Å². The van der Waals surface area contributed by atoms with Gasteiger partial charge in [0.1, 0.15) is 5.52 Å². The minimum Gasteiger partial charge on any atom is -0.379 e. The predicted molar refractivity (Wildman–Crippen MR) is 90.1 cm³/mol. The molecule has 3 N–H and O–H groups in total. The molecule has 2 aromatic heterocycles. The standard InChI is InChI=1S/C14H20ClN7O2/c15-14-20-12(11-13(21-14)19-9-18-11)17-8-10(23)16-2-1-3-22-4-6-24-7-5-22/h9H,1-8H2,(H,16,23)(H2,17,18,19,20,21). The number of aromatic nitrogens is 4. The van der Waals surface area contributed by atoms with Crippen molar-refractivity contribution >= 4 is 34.5 Å². The first-order valence-corrected chi connectivity index (χ1v) is 8.27. The Balaban J connectivity index is 1.39. The lowest BCUT2D eigenvalue weighted by Crippen LogP contribution is -2.38. The van der Waals surface area contributed by atoms with Crippen molar-refractivity contribution in [2.75, 3.05) is 51.3 Å². The van der Waals surface area contributed by atoms with E-state index in [1.54, 1.807) is 0 Å². The Morgan fingerprint density at radius 2 is 2.21 bits per heavy atom.